The lowest BCUT2D eigenvalue weighted by Crippen LogP contribution is -2.26. The Kier molecular flexibility index (Phi) is 5.15. The molecule has 3 heteroatoms. The third kappa shape index (κ3) is 3.98. The van der Waals surface area contributed by atoms with Gasteiger partial charge in [-0.3, -0.25) is 0 Å². The Hall–Kier alpha value is -1.06. The molecule has 0 amide bonds. The average molecular weight is 287 g/mol. The van der Waals surface area contributed by atoms with E-state index < -0.39 is 0 Å². The quantitative estimate of drug-likeness (QED) is 0.868. The maximum absolute atomic E-state index is 3.64. The van der Waals surface area contributed by atoms with Crippen LogP contribution in [0, 0.1) is 5.92 Å². The normalized spacial score (nSPS) is 23.1. The van der Waals surface area contributed by atoms with Gasteiger partial charge in [-0.1, -0.05) is 19.1 Å². The second-order valence-electron chi connectivity index (χ2n) is 6.54. The molecule has 3 rings (SSSR count). The van der Waals surface area contributed by atoms with Crippen molar-refractivity contribution in [2.24, 2.45) is 5.92 Å². The molecule has 116 valence electrons. The minimum absolute atomic E-state index is 0.842. The first-order chi connectivity index (χ1) is 10.3. The number of benzene rings is 1. The third-order valence-electron chi connectivity index (χ3n) is 4.99. The van der Waals surface area contributed by atoms with Gasteiger partial charge in [-0.15, -0.1) is 0 Å². The zero-order valence-electron chi connectivity index (χ0n) is 13.4. The Morgan fingerprint density at radius 1 is 1.10 bits per heavy atom. The number of anilines is 1. The van der Waals surface area contributed by atoms with Crippen molar-refractivity contribution < 1.29 is 0 Å². The highest BCUT2D eigenvalue weighted by atomic mass is 15.1. The summed E-state index contributed by atoms with van der Waals surface area (Å²) in [5, 5.41) is 3.64. The van der Waals surface area contributed by atoms with E-state index in [2.05, 4.69) is 46.3 Å². The zero-order valence-corrected chi connectivity index (χ0v) is 13.4. The van der Waals surface area contributed by atoms with E-state index in [1.165, 1.54) is 63.2 Å². The van der Waals surface area contributed by atoms with Gasteiger partial charge in [-0.05, 0) is 62.5 Å². The molecular weight excluding hydrogens is 258 g/mol. The molecule has 2 saturated heterocycles. The lowest BCUT2D eigenvalue weighted by molar-refractivity contribution is 0.339. The van der Waals surface area contributed by atoms with Crippen LogP contribution >= 0.6 is 0 Å². The fraction of sp³-hybridized carbons (Fsp3) is 0.667. The number of hydrogen-bond donors (Lipinski definition) is 1. The van der Waals surface area contributed by atoms with Crippen molar-refractivity contribution in [1.29, 1.82) is 0 Å². The van der Waals surface area contributed by atoms with Crippen LogP contribution in [-0.2, 0) is 6.54 Å². The van der Waals surface area contributed by atoms with Crippen molar-refractivity contribution in [2.75, 3.05) is 44.2 Å². The first kappa shape index (κ1) is 14.9. The molecule has 0 saturated carbocycles. The molecule has 0 bridgehead atoms. The number of rotatable bonds is 6. The monoisotopic (exact) mass is 287 g/mol. The SMILES string of the molecule is CCN1CCC(CNCc2ccc(N3CCCC3)cc2)C1. The van der Waals surface area contributed by atoms with E-state index in [-0.39, 0.29) is 0 Å². The molecule has 0 aliphatic carbocycles. The van der Waals surface area contributed by atoms with Gasteiger partial charge in [-0.2, -0.15) is 0 Å². The average Bonchev–Trinajstić information content (AvgIpc) is 3.19. The van der Waals surface area contributed by atoms with E-state index in [9.17, 15) is 0 Å². The van der Waals surface area contributed by atoms with Gasteiger partial charge in [0, 0.05) is 31.9 Å². The summed E-state index contributed by atoms with van der Waals surface area (Å²) in [5.74, 6) is 0.842. The highest BCUT2D eigenvalue weighted by molar-refractivity contribution is 5.48. The van der Waals surface area contributed by atoms with Gasteiger partial charge >= 0.3 is 0 Å². The van der Waals surface area contributed by atoms with E-state index in [1.54, 1.807) is 0 Å². The Balaban J connectivity index is 1.41. The second-order valence-corrected chi connectivity index (χ2v) is 6.54. The van der Waals surface area contributed by atoms with Crippen molar-refractivity contribution in [3.8, 4) is 0 Å². The largest absolute Gasteiger partial charge is 0.372 e. The predicted octanol–water partition coefficient (Wildman–Crippen LogP) is 2.72. The van der Waals surface area contributed by atoms with Crippen molar-refractivity contribution >= 4 is 5.69 Å². The highest BCUT2D eigenvalue weighted by Gasteiger charge is 2.20. The number of nitrogens with zero attached hydrogens (tertiary/aromatic N) is 2. The standard InChI is InChI=1S/C18H29N3/c1-2-20-12-9-17(15-20)14-19-13-16-5-7-18(8-6-16)21-10-3-4-11-21/h5-8,17,19H,2-4,9-15H2,1H3. The fourth-order valence-electron chi connectivity index (χ4n) is 3.59. The second kappa shape index (κ2) is 7.28. The first-order valence-corrected chi connectivity index (χ1v) is 8.62. The van der Waals surface area contributed by atoms with Crippen molar-refractivity contribution in [2.45, 2.75) is 32.7 Å². The van der Waals surface area contributed by atoms with Crippen molar-refractivity contribution in [3.05, 3.63) is 29.8 Å². The molecule has 1 aromatic carbocycles. The summed E-state index contributed by atoms with van der Waals surface area (Å²) < 4.78 is 0. The van der Waals surface area contributed by atoms with Crippen LogP contribution in [0.5, 0.6) is 0 Å². The van der Waals surface area contributed by atoms with E-state index in [1.807, 2.05) is 0 Å². The van der Waals surface area contributed by atoms with Crippen molar-refractivity contribution in [1.82, 2.24) is 10.2 Å². The topological polar surface area (TPSA) is 18.5 Å². The van der Waals surface area contributed by atoms with Gasteiger partial charge in [0.1, 0.15) is 0 Å². The molecule has 2 aliphatic heterocycles. The highest BCUT2D eigenvalue weighted by Crippen LogP contribution is 2.20. The number of likely N-dealkylation sites (tertiary alicyclic amines) is 1. The number of hydrogen-bond acceptors (Lipinski definition) is 3. The molecule has 3 nitrogen and oxygen atoms in total. The van der Waals surface area contributed by atoms with E-state index in [0.717, 1.165) is 19.0 Å². The fourth-order valence-corrected chi connectivity index (χ4v) is 3.59. The summed E-state index contributed by atoms with van der Waals surface area (Å²) in [6, 6.07) is 9.15. The lowest BCUT2D eigenvalue weighted by Gasteiger charge is -2.18. The maximum atomic E-state index is 3.64. The van der Waals surface area contributed by atoms with Crippen LogP contribution in [0.3, 0.4) is 0 Å². The van der Waals surface area contributed by atoms with Gasteiger partial charge in [0.15, 0.2) is 0 Å². The Morgan fingerprint density at radius 2 is 1.86 bits per heavy atom. The Bertz CT molecular complexity index is 423. The maximum Gasteiger partial charge on any atom is 0.0366 e. The van der Waals surface area contributed by atoms with Crippen LogP contribution in [0.1, 0.15) is 31.7 Å². The molecule has 2 aliphatic rings. The summed E-state index contributed by atoms with van der Waals surface area (Å²) in [6.45, 7) is 10.6. The molecule has 1 aromatic rings. The van der Waals surface area contributed by atoms with Gasteiger partial charge < -0.3 is 15.1 Å². The van der Waals surface area contributed by atoms with Gasteiger partial charge in [0.05, 0.1) is 0 Å². The lowest BCUT2D eigenvalue weighted by atomic mass is 10.1. The van der Waals surface area contributed by atoms with Crippen LogP contribution in [0.15, 0.2) is 24.3 Å². The van der Waals surface area contributed by atoms with Crippen LogP contribution in [0.4, 0.5) is 5.69 Å². The van der Waals surface area contributed by atoms with Crippen molar-refractivity contribution in [3.63, 3.8) is 0 Å². The Morgan fingerprint density at radius 3 is 2.52 bits per heavy atom. The predicted molar refractivity (Wildman–Crippen MR) is 89.8 cm³/mol. The molecule has 1 unspecified atom stereocenters. The summed E-state index contributed by atoms with van der Waals surface area (Å²) in [7, 11) is 0. The molecule has 0 radical (unpaired) electrons. The first-order valence-electron chi connectivity index (χ1n) is 8.62. The molecular formula is C18H29N3. The van der Waals surface area contributed by atoms with Crippen LogP contribution < -0.4 is 10.2 Å². The van der Waals surface area contributed by atoms with Gasteiger partial charge in [0.2, 0.25) is 0 Å². The molecule has 1 atom stereocenters. The minimum Gasteiger partial charge on any atom is -0.372 e. The zero-order chi connectivity index (χ0) is 14.5. The Labute approximate surface area is 129 Å². The molecule has 21 heavy (non-hydrogen) atoms. The van der Waals surface area contributed by atoms with Crippen LogP contribution in [-0.4, -0.2) is 44.2 Å². The summed E-state index contributed by atoms with van der Waals surface area (Å²) in [4.78, 5) is 5.05. The summed E-state index contributed by atoms with van der Waals surface area (Å²) >= 11 is 0. The van der Waals surface area contributed by atoms with E-state index >= 15 is 0 Å². The molecule has 2 fully saturated rings. The summed E-state index contributed by atoms with van der Waals surface area (Å²) in [5.41, 5.74) is 2.80. The minimum atomic E-state index is 0.842. The molecule has 0 aromatic heterocycles. The molecule has 0 spiro atoms. The van der Waals surface area contributed by atoms with Gasteiger partial charge in [0.25, 0.3) is 0 Å². The molecule has 2 heterocycles. The summed E-state index contributed by atoms with van der Waals surface area (Å²) in [6.07, 6.45) is 4.05. The number of nitrogens with one attached hydrogen (secondary N) is 1. The van der Waals surface area contributed by atoms with E-state index in [0.29, 0.717) is 0 Å². The third-order valence-corrected chi connectivity index (χ3v) is 4.99. The van der Waals surface area contributed by atoms with Crippen LogP contribution in [0.25, 0.3) is 0 Å². The smallest absolute Gasteiger partial charge is 0.0366 e. The van der Waals surface area contributed by atoms with Gasteiger partial charge in [-0.25, -0.2) is 0 Å². The van der Waals surface area contributed by atoms with Crippen LogP contribution in [0.2, 0.25) is 0 Å². The van der Waals surface area contributed by atoms with E-state index in [4.69, 9.17) is 0 Å². The molecule has 1 N–H and O–H groups in total.